The van der Waals surface area contributed by atoms with Crippen LogP contribution in [-0.4, -0.2) is 11.7 Å². The molecular formula is C20H34O. The van der Waals surface area contributed by atoms with Gasteiger partial charge in [-0.2, -0.15) is 0 Å². The third-order valence-electron chi connectivity index (χ3n) is 9.00. The number of fused-ring (bicyclic) bond motifs is 5. The Morgan fingerprint density at radius 2 is 1.62 bits per heavy atom. The van der Waals surface area contributed by atoms with Gasteiger partial charge in [0.15, 0.2) is 0 Å². The summed E-state index contributed by atoms with van der Waals surface area (Å²) < 4.78 is 0. The minimum Gasteiger partial charge on any atom is -0.396 e. The van der Waals surface area contributed by atoms with Gasteiger partial charge in [-0.15, -0.1) is 0 Å². The molecule has 7 atom stereocenters. The highest BCUT2D eigenvalue weighted by atomic mass is 16.3. The van der Waals surface area contributed by atoms with Crippen LogP contribution in [-0.2, 0) is 0 Å². The van der Waals surface area contributed by atoms with Gasteiger partial charge in [0.25, 0.3) is 0 Å². The Kier molecular flexibility index (Phi) is 3.45. The van der Waals surface area contributed by atoms with Gasteiger partial charge in [0, 0.05) is 6.61 Å². The van der Waals surface area contributed by atoms with Crippen molar-refractivity contribution in [2.24, 2.45) is 40.4 Å². The van der Waals surface area contributed by atoms with Gasteiger partial charge in [0.1, 0.15) is 0 Å². The van der Waals surface area contributed by atoms with E-state index in [4.69, 9.17) is 0 Å². The zero-order valence-electron chi connectivity index (χ0n) is 14.1. The minimum atomic E-state index is 0.435. The largest absolute Gasteiger partial charge is 0.396 e. The lowest BCUT2D eigenvalue weighted by Gasteiger charge is -2.60. The fourth-order valence-electron chi connectivity index (χ4n) is 7.70. The second-order valence-corrected chi connectivity index (χ2v) is 9.40. The van der Waals surface area contributed by atoms with Crippen LogP contribution in [0.1, 0.15) is 78.1 Å². The fraction of sp³-hybridized carbons (Fsp3) is 1.00. The Balaban J connectivity index is 1.62. The molecule has 1 nitrogen and oxygen atoms in total. The van der Waals surface area contributed by atoms with E-state index in [0.29, 0.717) is 23.4 Å². The van der Waals surface area contributed by atoms with Crippen molar-refractivity contribution in [2.75, 3.05) is 6.61 Å². The van der Waals surface area contributed by atoms with Crippen molar-refractivity contribution < 1.29 is 5.11 Å². The van der Waals surface area contributed by atoms with Crippen molar-refractivity contribution in [1.29, 1.82) is 0 Å². The summed E-state index contributed by atoms with van der Waals surface area (Å²) >= 11 is 0. The summed E-state index contributed by atoms with van der Waals surface area (Å²) in [7, 11) is 0. The van der Waals surface area contributed by atoms with Gasteiger partial charge in [-0.3, -0.25) is 0 Å². The zero-order chi connectivity index (χ0) is 14.7. The summed E-state index contributed by atoms with van der Waals surface area (Å²) in [6.07, 6.45) is 14.6. The highest BCUT2D eigenvalue weighted by Gasteiger charge is 2.59. The van der Waals surface area contributed by atoms with E-state index in [9.17, 15) is 5.11 Å². The van der Waals surface area contributed by atoms with Crippen LogP contribution in [0.3, 0.4) is 0 Å². The number of hydrogen-bond acceptors (Lipinski definition) is 1. The zero-order valence-corrected chi connectivity index (χ0v) is 14.1. The summed E-state index contributed by atoms with van der Waals surface area (Å²) in [5, 5.41) is 9.80. The van der Waals surface area contributed by atoms with Crippen LogP contribution in [0.15, 0.2) is 0 Å². The molecule has 0 aromatic heterocycles. The number of hydrogen-bond donors (Lipinski definition) is 1. The first kappa shape index (κ1) is 14.5. The van der Waals surface area contributed by atoms with Crippen molar-refractivity contribution >= 4 is 0 Å². The molecule has 21 heavy (non-hydrogen) atoms. The third-order valence-corrected chi connectivity index (χ3v) is 9.00. The van der Waals surface area contributed by atoms with Crippen LogP contribution in [0.2, 0.25) is 0 Å². The summed E-state index contributed by atoms with van der Waals surface area (Å²) in [5.41, 5.74) is 1.13. The van der Waals surface area contributed by atoms with Gasteiger partial charge in [-0.25, -0.2) is 0 Å². The van der Waals surface area contributed by atoms with E-state index < -0.39 is 0 Å². The van der Waals surface area contributed by atoms with Gasteiger partial charge in [-0.05, 0) is 91.8 Å². The highest BCUT2D eigenvalue weighted by molar-refractivity contribution is 5.08. The molecule has 0 aliphatic heterocycles. The lowest BCUT2D eigenvalue weighted by atomic mass is 9.45. The first-order valence-corrected chi connectivity index (χ1v) is 9.70. The molecule has 4 saturated carbocycles. The molecule has 0 aromatic carbocycles. The molecular weight excluding hydrogens is 256 g/mol. The van der Waals surface area contributed by atoms with Gasteiger partial charge in [0.05, 0.1) is 0 Å². The molecule has 4 aliphatic carbocycles. The Bertz CT molecular complexity index is 405. The van der Waals surface area contributed by atoms with Gasteiger partial charge in [-0.1, -0.05) is 26.7 Å². The average Bonchev–Trinajstić information content (AvgIpc) is 2.83. The molecule has 4 rings (SSSR count). The molecule has 0 spiro atoms. The van der Waals surface area contributed by atoms with E-state index in [0.717, 1.165) is 23.7 Å². The van der Waals surface area contributed by atoms with Crippen molar-refractivity contribution in [3.63, 3.8) is 0 Å². The SMILES string of the molecule is CC12CCC3C(CCC4CCCCC43C)C1CCC2CO. The highest BCUT2D eigenvalue weighted by Crippen LogP contribution is 2.67. The van der Waals surface area contributed by atoms with Gasteiger partial charge < -0.3 is 5.11 Å². The van der Waals surface area contributed by atoms with Crippen LogP contribution < -0.4 is 0 Å². The van der Waals surface area contributed by atoms with Crippen molar-refractivity contribution in [3.8, 4) is 0 Å². The van der Waals surface area contributed by atoms with E-state index in [1.807, 2.05) is 0 Å². The minimum absolute atomic E-state index is 0.435. The molecule has 4 aliphatic rings. The van der Waals surface area contributed by atoms with Crippen molar-refractivity contribution in [3.05, 3.63) is 0 Å². The molecule has 0 amide bonds. The topological polar surface area (TPSA) is 20.2 Å². The maximum atomic E-state index is 9.80. The molecule has 7 unspecified atom stereocenters. The summed E-state index contributed by atoms with van der Waals surface area (Å²) in [6, 6.07) is 0. The second-order valence-electron chi connectivity index (χ2n) is 9.40. The Hall–Kier alpha value is -0.0400. The van der Waals surface area contributed by atoms with Crippen molar-refractivity contribution in [2.45, 2.75) is 78.1 Å². The number of rotatable bonds is 1. The lowest BCUT2D eigenvalue weighted by molar-refractivity contribution is -0.113. The second kappa shape index (κ2) is 4.98. The monoisotopic (exact) mass is 290 g/mol. The molecule has 1 heteroatoms. The van der Waals surface area contributed by atoms with Gasteiger partial charge >= 0.3 is 0 Å². The summed E-state index contributed by atoms with van der Waals surface area (Å²) in [5.74, 6) is 4.55. The Morgan fingerprint density at radius 1 is 0.810 bits per heavy atom. The summed E-state index contributed by atoms with van der Waals surface area (Å²) in [4.78, 5) is 0. The molecule has 0 heterocycles. The van der Waals surface area contributed by atoms with E-state index in [2.05, 4.69) is 13.8 Å². The molecule has 0 saturated heterocycles. The first-order valence-electron chi connectivity index (χ1n) is 9.70. The van der Waals surface area contributed by atoms with Crippen LogP contribution in [0, 0.1) is 40.4 Å². The van der Waals surface area contributed by atoms with Crippen LogP contribution >= 0.6 is 0 Å². The predicted octanol–water partition coefficient (Wildman–Crippen LogP) is 5.03. The molecule has 0 aromatic rings. The molecule has 0 radical (unpaired) electrons. The van der Waals surface area contributed by atoms with Crippen molar-refractivity contribution in [1.82, 2.24) is 0 Å². The molecule has 4 fully saturated rings. The van der Waals surface area contributed by atoms with E-state index >= 15 is 0 Å². The Morgan fingerprint density at radius 3 is 2.43 bits per heavy atom. The van der Waals surface area contributed by atoms with Crippen LogP contribution in [0.4, 0.5) is 0 Å². The van der Waals surface area contributed by atoms with E-state index in [-0.39, 0.29) is 0 Å². The van der Waals surface area contributed by atoms with Crippen LogP contribution in [0.5, 0.6) is 0 Å². The number of aliphatic hydroxyl groups excluding tert-OH is 1. The van der Waals surface area contributed by atoms with E-state index in [1.165, 1.54) is 64.2 Å². The predicted molar refractivity (Wildman–Crippen MR) is 86.9 cm³/mol. The smallest absolute Gasteiger partial charge is 0.0464 e. The standard InChI is InChI=1S/C20H34O/c1-19-11-4-3-5-14(19)6-8-16-17-9-7-15(13-21)20(17,2)12-10-18(16)19/h14-18,21H,3-13H2,1-2H3. The first-order chi connectivity index (χ1) is 10.1. The van der Waals surface area contributed by atoms with E-state index in [1.54, 1.807) is 0 Å². The van der Waals surface area contributed by atoms with Gasteiger partial charge in [0.2, 0.25) is 0 Å². The number of aliphatic hydroxyl groups is 1. The molecule has 1 N–H and O–H groups in total. The third kappa shape index (κ3) is 1.92. The summed E-state index contributed by atoms with van der Waals surface area (Å²) in [6.45, 7) is 5.62. The Labute approximate surface area is 130 Å². The maximum absolute atomic E-state index is 9.80. The lowest BCUT2D eigenvalue weighted by Crippen LogP contribution is -2.52. The fourth-order valence-corrected chi connectivity index (χ4v) is 7.70. The van der Waals surface area contributed by atoms with Crippen LogP contribution in [0.25, 0.3) is 0 Å². The quantitative estimate of drug-likeness (QED) is 0.718. The molecule has 0 bridgehead atoms. The normalized spacial score (nSPS) is 56.4. The molecule has 120 valence electrons. The average molecular weight is 290 g/mol. The maximum Gasteiger partial charge on any atom is 0.0464 e.